The third kappa shape index (κ3) is 3.38. The molecule has 19 heavy (non-hydrogen) atoms. The summed E-state index contributed by atoms with van der Waals surface area (Å²) < 4.78 is 10.9. The van der Waals surface area contributed by atoms with Crippen LogP contribution in [-0.4, -0.2) is 13.2 Å². The first kappa shape index (κ1) is 13.7. The predicted octanol–water partition coefficient (Wildman–Crippen LogP) is 3.27. The van der Waals surface area contributed by atoms with Gasteiger partial charge >= 0.3 is 0 Å². The number of aryl methyl sites for hydroxylation is 1. The number of hydrogen-bond donors (Lipinski definition) is 1. The average Bonchev–Trinajstić information content (AvgIpc) is 2.90. The summed E-state index contributed by atoms with van der Waals surface area (Å²) in [5, 5.41) is 0. The van der Waals surface area contributed by atoms with E-state index in [1.54, 1.807) is 6.26 Å². The highest BCUT2D eigenvalue weighted by Gasteiger charge is 2.15. The lowest BCUT2D eigenvalue weighted by Crippen LogP contribution is -2.16. The lowest BCUT2D eigenvalue weighted by atomic mass is 9.91. The van der Waals surface area contributed by atoms with Crippen molar-refractivity contribution < 1.29 is 9.15 Å². The molecular weight excluding hydrogens is 238 g/mol. The number of furan rings is 1. The molecule has 1 atom stereocenters. The van der Waals surface area contributed by atoms with Crippen LogP contribution in [0.1, 0.15) is 29.7 Å². The predicted molar refractivity (Wildman–Crippen MR) is 76.6 cm³/mol. The van der Waals surface area contributed by atoms with Crippen molar-refractivity contribution in [1.29, 1.82) is 0 Å². The van der Waals surface area contributed by atoms with E-state index in [4.69, 9.17) is 14.9 Å². The van der Waals surface area contributed by atoms with E-state index in [2.05, 4.69) is 19.1 Å². The van der Waals surface area contributed by atoms with E-state index in [1.807, 2.05) is 25.1 Å². The number of hydrogen-bond acceptors (Lipinski definition) is 3. The third-order valence-electron chi connectivity index (χ3n) is 3.30. The Labute approximate surface area is 114 Å². The average molecular weight is 259 g/mol. The van der Waals surface area contributed by atoms with E-state index in [1.165, 1.54) is 11.1 Å². The molecule has 1 aromatic heterocycles. The highest BCUT2D eigenvalue weighted by molar-refractivity contribution is 5.37. The van der Waals surface area contributed by atoms with Crippen LogP contribution in [0, 0.1) is 6.92 Å². The molecule has 0 saturated heterocycles. The Morgan fingerprint density at radius 3 is 2.74 bits per heavy atom. The lowest BCUT2D eigenvalue weighted by Gasteiger charge is -2.17. The molecule has 102 valence electrons. The summed E-state index contributed by atoms with van der Waals surface area (Å²) in [6.07, 6.45) is 2.53. The molecule has 1 unspecified atom stereocenters. The van der Waals surface area contributed by atoms with Gasteiger partial charge in [-0.15, -0.1) is 0 Å². The minimum Gasteiger partial charge on any atom is -0.494 e. The fraction of sp³-hybridized carbons (Fsp3) is 0.375. The van der Waals surface area contributed by atoms with Crippen molar-refractivity contribution in [3.05, 3.63) is 53.5 Å². The normalized spacial score (nSPS) is 12.4. The van der Waals surface area contributed by atoms with E-state index in [0.717, 1.165) is 17.9 Å². The van der Waals surface area contributed by atoms with Crippen molar-refractivity contribution in [3.63, 3.8) is 0 Å². The summed E-state index contributed by atoms with van der Waals surface area (Å²) in [4.78, 5) is 0. The van der Waals surface area contributed by atoms with Gasteiger partial charge in [-0.1, -0.05) is 6.07 Å². The molecule has 2 aromatic rings. The first-order chi connectivity index (χ1) is 9.24. The van der Waals surface area contributed by atoms with Crippen LogP contribution in [0.5, 0.6) is 5.75 Å². The lowest BCUT2D eigenvalue weighted by molar-refractivity contribution is 0.340. The van der Waals surface area contributed by atoms with Crippen molar-refractivity contribution in [1.82, 2.24) is 0 Å². The van der Waals surface area contributed by atoms with Gasteiger partial charge in [0.05, 0.1) is 12.9 Å². The Kier molecular flexibility index (Phi) is 4.63. The Balaban J connectivity index is 2.18. The molecule has 0 aliphatic carbocycles. The van der Waals surface area contributed by atoms with E-state index >= 15 is 0 Å². The van der Waals surface area contributed by atoms with Gasteiger partial charge in [0.25, 0.3) is 0 Å². The summed E-state index contributed by atoms with van der Waals surface area (Å²) in [5.74, 6) is 2.17. The molecule has 3 nitrogen and oxygen atoms in total. The molecule has 1 heterocycles. The Morgan fingerprint density at radius 1 is 1.32 bits per heavy atom. The highest BCUT2D eigenvalue weighted by Crippen LogP contribution is 2.26. The fourth-order valence-electron chi connectivity index (χ4n) is 2.35. The molecule has 0 amide bonds. The second-order valence-electron chi connectivity index (χ2n) is 4.67. The van der Waals surface area contributed by atoms with E-state index in [0.29, 0.717) is 13.2 Å². The molecule has 0 fully saturated rings. The third-order valence-corrected chi connectivity index (χ3v) is 3.30. The quantitative estimate of drug-likeness (QED) is 0.866. The highest BCUT2D eigenvalue weighted by atomic mass is 16.5. The van der Waals surface area contributed by atoms with E-state index in [9.17, 15) is 0 Å². The summed E-state index contributed by atoms with van der Waals surface area (Å²) in [6.45, 7) is 5.38. The van der Waals surface area contributed by atoms with Crippen molar-refractivity contribution in [2.24, 2.45) is 5.73 Å². The summed E-state index contributed by atoms with van der Waals surface area (Å²) >= 11 is 0. The Hall–Kier alpha value is -1.74. The molecular formula is C16H21NO2. The Bertz CT molecular complexity index is 505. The number of nitrogens with two attached hydrogens (primary N) is 1. The van der Waals surface area contributed by atoms with Gasteiger partial charge < -0.3 is 14.9 Å². The summed E-state index contributed by atoms with van der Waals surface area (Å²) in [5.41, 5.74) is 8.40. The molecule has 0 aliphatic rings. The van der Waals surface area contributed by atoms with Crippen LogP contribution >= 0.6 is 0 Å². The molecule has 2 N–H and O–H groups in total. The number of benzene rings is 1. The topological polar surface area (TPSA) is 48.4 Å². The van der Waals surface area contributed by atoms with Crippen LogP contribution in [0.3, 0.4) is 0 Å². The molecule has 2 rings (SSSR count). The Morgan fingerprint density at radius 2 is 2.16 bits per heavy atom. The van der Waals surface area contributed by atoms with Crippen molar-refractivity contribution in [2.75, 3.05) is 13.2 Å². The molecule has 0 aliphatic heterocycles. The van der Waals surface area contributed by atoms with Crippen molar-refractivity contribution in [3.8, 4) is 5.75 Å². The zero-order valence-electron chi connectivity index (χ0n) is 11.6. The summed E-state index contributed by atoms with van der Waals surface area (Å²) in [7, 11) is 0. The van der Waals surface area contributed by atoms with E-state index in [-0.39, 0.29) is 5.92 Å². The molecule has 0 radical (unpaired) electrons. The van der Waals surface area contributed by atoms with Crippen LogP contribution in [0.15, 0.2) is 41.0 Å². The second kappa shape index (κ2) is 6.43. The molecule has 0 bridgehead atoms. The van der Waals surface area contributed by atoms with Crippen LogP contribution in [0.25, 0.3) is 0 Å². The van der Waals surface area contributed by atoms with Crippen LogP contribution in [0.2, 0.25) is 0 Å². The minimum absolute atomic E-state index is 0.279. The smallest absolute Gasteiger partial charge is 0.119 e. The van der Waals surface area contributed by atoms with Gasteiger partial charge in [0.2, 0.25) is 0 Å². The molecule has 0 spiro atoms. The SMILES string of the molecule is CCOc1ccc(C(CN)Cc2ccco2)c(C)c1. The van der Waals surface area contributed by atoms with Gasteiger partial charge in [-0.3, -0.25) is 0 Å². The second-order valence-corrected chi connectivity index (χ2v) is 4.67. The van der Waals surface area contributed by atoms with E-state index < -0.39 is 0 Å². The first-order valence-corrected chi connectivity index (χ1v) is 6.70. The van der Waals surface area contributed by atoms with Gasteiger partial charge in [-0.25, -0.2) is 0 Å². The molecule has 3 heteroatoms. The van der Waals surface area contributed by atoms with Gasteiger partial charge in [0.1, 0.15) is 11.5 Å². The monoisotopic (exact) mass is 259 g/mol. The minimum atomic E-state index is 0.279. The van der Waals surface area contributed by atoms with Crippen LogP contribution in [-0.2, 0) is 6.42 Å². The number of ether oxygens (including phenoxy) is 1. The maximum absolute atomic E-state index is 5.91. The first-order valence-electron chi connectivity index (χ1n) is 6.70. The maximum atomic E-state index is 5.91. The fourth-order valence-corrected chi connectivity index (χ4v) is 2.35. The van der Waals surface area contributed by atoms with Crippen molar-refractivity contribution in [2.45, 2.75) is 26.2 Å². The largest absolute Gasteiger partial charge is 0.494 e. The van der Waals surface area contributed by atoms with Gasteiger partial charge in [-0.05, 0) is 55.8 Å². The zero-order valence-corrected chi connectivity index (χ0v) is 11.6. The van der Waals surface area contributed by atoms with Gasteiger partial charge in [0.15, 0.2) is 0 Å². The van der Waals surface area contributed by atoms with Crippen molar-refractivity contribution >= 4 is 0 Å². The van der Waals surface area contributed by atoms with Gasteiger partial charge in [0, 0.05) is 12.3 Å². The van der Waals surface area contributed by atoms with Crippen LogP contribution in [0.4, 0.5) is 0 Å². The number of rotatable bonds is 6. The molecule has 0 saturated carbocycles. The zero-order chi connectivity index (χ0) is 13.7. The molecule has 1 aromatic carbocycles. The van der Waals surface area contributed by atoms with Gasteiger partial charge in [-0.2, -0.15) is 0 Å². The maximum Gasteiger partial charge on any atom is 0.119 e. The summed E-state index contributed by atoms with van der Waals surface area (Å²) in [6, 6.07) is 10.1. The van der Waals surface area contributed by atoms with Crippen LogP contribution < -0.4 is 10.5 Å². The standard InChI is InChI=1S/C16H21NO2/c1-3-18-15-6-7-16(12(2)9-15)13(11-17)10-14-5-4-8-19-14/h4-9,13H,3,10-11,17H2,1-2H3.